The third-order valence-corrected chi connectivity index (χ3v) is 10.2. The van der Waals surface area contributed by atoms with Gasteiger partial charge in [-0.05, 0) is 84.2 Å². The van der Waals surface area contributed by atoms with E-state index in [0.29, 0.717) is 24.1 Å². The van der Waals surface area contributed by atoms with Crippen LogP contribution in [-0.2, 0) is 31.4 Å². The summed E-state index contributed by atoms with van der Waals surface area (Å²) in [6.45, 7) is 11.8. The second kappa shape index (κ2) is 12.1. The lowest BCUT2D eigenvalue weighted by Gasteiger charge is -2.40. The molecule has 3 aromatic carbocycles. The highest BCUT2D eigenvalue weighted by atomic mass is 32.2. The summed E-state index contributed by atoms with van der Waals surface area (Å²) in [7, 11) is -3.80. The van der Waals surface area contributed by atoms with E-state index >= 15 is 0 Å². The molecule has 224 valence electrons. The van der Waals surface area contributed by atoms with Gasteiger partial charge in [-0.25, -0.2) is 13.2 Å². The quantitative estimate of drug-likeness (QED) is 0.214. The minimum Gasteiger partial charge on any atom is -0.511 e. The minimum atomic E-state index is -3.80. The molecule has 1 unspecified atom stereocenters. The molecule has 1 heterocycles. The van der Waals surface area contributed by atoms with Crippen LogP contribution >= 0.6 is 11.8 Å². The van der Waals surface area contributed by atoms with Gasteiger partial charge in [0.05, 0.1) is 10.6 Å². The Balaban J connectivity index is 1.64. The van der Waals surface area contributed by atoms with Crippen LogP contribution in [0.25, 0.3) is 0 Å². The number of benzene rings is 3. The van der Waals surface area contributed by atoms with E-state index in [1.807, 2.05) is 52.8 Å². The summed E-state index contributed by atoms with van der Waals surface area (Å²) in [5.74, 6) is -0.441. The van der Waals surface area contributed by atoms with Crippen LogP contribution < -0.4 is 4.72 Å². The Bertz CT molecular complexity index is 1590. The van der Waals surface area contributed by atoms with Crippen molar-refractivity contribution in [1.29, 1.82) is 0 Å². The smallest absolute Gasteiger partial charge is 0.349 e. The van der Waals surface area contributed by atoms with Crippen LogP contribution in [-0.4, -0.2) is 30.2 Å². The largest absolute Gasteiger partial charge is 0.511 e. The maximum absolute atomic E-state index is 13.5. The Kier molecular flexibility index (Phi) is 9.04. The normalized spacial score (nSPS) is 17.8. The van der Waals surface area contributed by atoms with E-state index < -0.39 is 27.0 Å². The second-order valence-corrected chi connectivity index (χ2v) is 14.9. The summed E-state index contributed by atoms with van der Waals surface area (Å²) in [5.41, 5.74) is 1.69. The molecular weight excluding hydrogens is 570 g/mol. The molecule has 0 spiro atoms. The van der Waals surface area contributed by atoms with Crippen molar-refractivity contribution in [2.75, 3.05) is 4.72 Å². The number of esters is 1. The van der Waals surface area contributed by atoms with Gasteiger partial charge in [-0.3, -0.25) is 4.72 Å². The van der Waals surface area contributed by atoms with Crippen molar-refractivity contribution in [3.05, 3.63) is 94.1 Å². The van der Waals surface area contributed by atoms with Gasteiger partial charge in [0.1, 0.15) is 22.0 Å². The van der Waals surface area contributed by atoms with Gasteiger partial charge in [0.25, 0.3) is 10.0 Å². The zero-order chi connectivity index (χ0) is 30.9. The fourth-order valence-electron chi connectivity index (χ4n) is 4.99. The molecule has 7 nitrogen and oxygen atoms in total. The zero-order valence-electron chi connectivity index (χ0n) is 24.9. The number of phenolic OH excluding ortho intramolecular Hbond substituents is 1. The van der Waals surface area contributed by atoms with E-state index in [1.165, 1.54) is 0 Å². The monoisotopic (exact) mass is 609 g/mol. The van der Waals surface area contributed by atoms with Crippen molar-refractivity contribution in [2.24, 2.45) is 5.92 Å². The lowest BCUT2D eigenvalue weighted by atomic mass is 9.80. The summed E-state index contributed by atoms with van der Waals surface area (Å²) < 4.78 is 34.9. The van der Waals surface area contributed by atoms with Gasteiger partial charge in [0.2, 0.25) is 0 Å². The molecule has 1 aliphatic heterocycles. The Morgan fingerprint density at radius 1 is 1.02 bits per heavy atom. The number of cyclic esters (lactones) is 1. The number of ether oxygens (including phenoxy) is 1. The average Bonchev–Trinajstić information content (AvgIpc) is 2.91. The van der Waals surface area contributed by atoms with Gasteiger partial charge in [-0.2, -0.15) is 0 Å². The molecule has 0 aromatic heterocycles. The van der Waals surface area contributed by atoms with E-state index in [4.69, 9.17) is 4.74 Å². The van der Waals surface area contributed by atoms with Crippen LogP contribution in [0, 0.1) is 12.8 Å². The number of rotatable bonds is 9. The van der Waals surface area contributed by atoms with E-state index in [2.05, 4.69) is 4.72 Å². The third-order valence-electron chi connectivity index (χ3n) is 7.68. The minimum absolute atomic E-state index is 0.0120. The molecule has 0 saturated carbocycles. The molecule has 0 radical (unpaired) electrons. The first-order valence-electron chi connectivity index (χ1n) is 14.0. The van der Waals surface area contributed by atoms with Crippen molar-refractivity contribution >= 4 is 33.4 Å². The average molecular weight is 610 g/mol. The van der Waals surface area contributed by atoms with Crippen molar-refractivity contribution in [1.82, 2.24) is 0 Å². The van der Waals surface area contributed by atoms with Crippen LogP contribution in [0.2, 0.25) is 0 Å². The van der Waals surface area contributed by atoms with Crippen LogP contribution in [0.15, 0.2) is 87.2 Å². The molecule has 0 saturated heterocycles. The third kappa shape index (κ3) is 6.95. The van der Waals surface area contributed by atoms with E-state index in [0.717, 1.165) is 27.8 Å². The lowest BCUT2D eigenvalue weighted by Crippen LogP contribution is -2.44. The first-order valence-corrected chi connectivity index (χ1v) is 16.3. The number of carbonyl (C=O) groups is 1. The molecule has 9 heteroatoms. The number of aliphatic hydroxyl groups excluding tert-OH is 1. The van der Waals surface area contributed by atoms with Crippen molar-refractivity contribution in [3.63, 3.8) is 0 Å². The maximum Gasteiger partial charge on any atom is 0.349 e. The number of nitrogens with one attached hydrogen (secondary N) is 1. The van der Waals surface area contributed by atoms with Gasteiger partial charge in [-0.15, -0.1) is 0 Å². The highest BCUT2D eigenvalue weighted by Gasteiger charge is 2.44. The van der Waals surface area contributed by atoms with E-state index in [-0.39, 0.29) is 33.6 Å². The Morgan fingerprint density at radius 3 is 2.24 bits per heavy atom. The van der Waals surface area contributed by atoms with E-state index in [9.17, 15) is 23.4 Å². The molecule has 42 heavy (non-hydrogen) atoms. The molecule has 4 rings (SSSR count). The summed E-state index contributed by atoms with van der Waals surface area (Å²) in [6, 6.07) is 18.8. The maximum atomic E-state index is 13.5. The Labute approximate surface area is 253 Å². The molecule has 0 bridgehead atoms. The lowest BCUT2D eigenvalue weighted by molar-refractivity contribution is -0.164. The van der Waals surface area contributed by atoms with Crippen LogP contribution in [0.4, 0.5) is 5.69 Å². The standard InChI is InChI=1S/C33H39NO6S2/c1-21(2)33(17-16-23-12-14-24(35)15-13-23)20-28(36)30(31(37)40-33)41-29-18-22(3)27(19-26(29)32(4,5)6)34-42(38,39)25-10-8-7-9-11-25/h7-15,18-19,21,34-36H,16-17,20H2,1-6H3. The van der Waals surface area contributed by atoms with Crippen LogP contribution in [0.5, 0.6) is 5.75 Å². The van der Waals surface area contributed by atoms with Gasteiger partial charge in [0, 0.05) is 11.3 Å². The van der Waals surface area contributed by atoms with E-state index in [1.54, 1.807) is 55.5 Å². The first-order chi connectivity index (χ1) is 19.6. The number of carbonyl (C=O) groups excluding carboxylic acids is 1. The van der Waals surface area contributed by atoms with Crippen LogP contribution in [0.1, 0.15) is 64.2 Å². The predicted molar refractivity (Wildman–Crippen MR) is 167 cm³/mol. The molecule has 0 amide bonds. The molecule has 3 aromatic rings. The fourth-order valence-corrected chi connectivity index (χ4v) is 7.38. The molecular formula is C33H39NO6S2. The summed E-state index contributed by atoms with van der Waals surface area (Å²) >= 11 is 1.15. The van der Waals surface area contributed by atoms with Gasteiger partial charge < -0.3 is 14.9 Å². The highest BCUT2D eigenvalue weighted by Crippen LogP contribution is 2.46. The number of thioether (sulfide) groups is 1. The SMILES string of the molecule is Cc1cc(SC2=C(O)CC(CCc3ccc(O)cc3)(C(C)C)OC2=O)c(C(C)(C)C)cc1NS(=O)(=O)c1ccccc1. The first kappa shape index (κ1) is 31.5. The van der Waals surface area contributed by atoms with Crippen molar-refractivity contribution in [2.45, 2.75) is 81.6 Å². The summed E-state index contributed by atoms with van der Waals surface area (Å²) in [6.07, 6.45) is 1.33. The summed E-state index contributed by atoms with van der Waals surface area (Å²) in [5, 5.41) is 20.8. The van der Waals surface area contributed by atoms with Gasteiger partial charge >= 0.3 is 5.97 Å². The fraction of sp³-hybridized carbons (Fsp3) is 0.364. The number of aliphatic hydroxyl groups is 1. The number of phenols is 1. The Hall–Kier alpha value is -3.43. The Morgan fingerprint density at radius 2 is 1.67 bits per heavy atom. The van der Waals surface area contributed by atoms with Crippen molar-refractivity contribution in [3.8, 4) is 5.75 Å². The molecule has 0 aliphatic carbocycles. The number of sulfonamides is 1. The number of anilines is 1. The zero-order valence-corrected chi connectivity index (χ0v) is 26.5. The summed E-state index contributed by atoms with van der Waals surface area (Å²) in [4.78, 5) is 14.5. The number of aromatic hydroxyl groups is 1. The molecule has 1 atom stereocenters. The second-order valence-electron chi connectivity index (χ2n) is 12.2. The van der Waals surface area contributed by atoms with Gasteiger partial charge in [-0.1, -0.05) is 76.7 Å². The topological polar surface area (TPSA) is 113 Å². The molecule has 0 fully saturated rings. The number of hydrogen-bond acceptors (Lipinski definition) is 7. The molecule has 3 N–H and O–H groups in total. The molecule has 1 aliphatic rings. The van der Waals surface area contributed by atoms with Crippen LogP contribution in [0.3, 0.4) is 0 Å². The highest BCUT2D eigenvalue weighted by molar-refractivity contribution is 8.04. The van der Waals surface area contributed by atoms with Crippen molar-refractivity contribution < 1.29 is 28.2 Å². The number of aryl methyl sites for hydroxylation is 2. The predicted octanol–water partition coefficient (Wildman–Crippen LogP) is 7.64. The van der Waals surface area contributed by atoms with Gasteiger partial charge in [0.15, 0.2) is 0 Å². The number of hydrogen-bond donors (Lipinski definition) is 3.